The lowest BCUT2D eigenvalue weighted by Gasteiger charge is -2.13. The van der Waals surface area contributed by atoms with Crippen molar-refractivity contribution >= 4 is 20.7 Å². The van der Waals surface area contributed by atoms with E-state index in [0.717, 1.165) is 12.3 Å². The second kappa shape index (κ2) is 7.94. The first-order valence-corrected chi connectivity index (χ1v) is 11.5. The van der Waals surface area contributed by atoms with Gasteiger partial charge in [0.15, 0.2) is 9.84 Å². The lowest BCUT2D eigenvalue weighted by Crippen LogP contribution is -2.06. The highest BCUT2D eigenvalue weighted by atomic mass is 32.2. The standard InChI is InChI=1S/C24H18F3NO3S/c1-15-9-10-18(14-22(15)32(2,29)30)31-17-6-3-5-16(13-17)19-11-12-28-23-20(19)7-4-8-21(23)24(25,26)27/h3-14H,1-2H3. The van der Waals surface area contributed by atoms with Crippen molar-refractivity contribution in [2.45, 2.75) is 18.0 Å². The molecule has 0 saturated heterocycles. The maximum Gasteiger partial charge on any atom is 0.418 e. The fourth-order valence-corrected chi connectivity index (χ4v) is 4.55. The predicted octanol–water partition coefficient (Wildman–Crippen LogP) is 6.42. The zero-order valence-corrected chi connectivity index (χ0v) is 18.0. The van der Waals surface area contributed by atoms with Gasteiger partial charge in [-0.2, -0.15) is 13.2 Å². The largest absolute Gasteiger partial charge is 0.457 e. The number of sulfone groups is 1. The molecule has 0 bridgehead atoms. The third-order valence-electron chi connectivity index (χ3n) is 5.02. The average molecular weight is 457 g/mol. The normalized spacial score (nSPS) is 12.2. The number of rotatable bonds is 4. The van der Waals surface area contributed by atoms with Gasteiger partial charge in [-0.3, -0.25) is 4.98 Å². The van der Waals surface area contributed by atoms with Crippen LogP contribution in [0.5, 0.6) is 11.5 Å². The van der Waals surface area contributed by atoms with Crippen molar-refractivity contribution < 1.29 is 26.3 Å². The number of alkyl halides is 3. The molecule has 0 aliphatic carbocycles. The van der Waals surface area contributed by atoms with Gasteiger partial charge in [-0.25, -0.2) is 8.42 Å². The first-order valence-electron chi connectivity index (χ1n) is 9.58. The minimum absolute atomic E-state index is 0.125. The van der Waals surface area contributed by atoms with E-state index in [2.05, 4.69) is 4.98 Å². The van der Waals surface area contributed by atoms with Gasteiger partial charge in [0.25, 0.3) is 0 Å². The molecule has 0 radical (unpaired) electrons. The summed E-state index contributed by atoms with van der Waals surface area (Å²) in [5.74, 6) is 0.759. The Kier molecular flexibility index (Phi) is 5.42. The summed E-state index contributed by atoms with van der Waals surface area (Å²) in [7, 11) is -3.42. The molecule has 4 rings (SSSR count). The molecule has 32 heavy (non-hydrogen) atoms. The van der Waals surface area contributed by atoms with E-state index in [1.165, 1.54) is 18.3 Å². The first-order chi connectivity index (χ1) is 15.0. The van der Waals surface area contributed by atoms with Crippen LogP contribution in [0, 0.1) is 6.92 Å². The molecule has 0 aliphatic heterocycles. The van der Waals surface area contributed by atoms with Crippen molar-refractivity contribution in [3.05, 3.63) is 84.1 Å². The van der Waals surface area contributed by atoms with Gasteiger partial charge < -0.3 is 4.74 Å². The SMILES string of the molecule is Cc1ccc(Oc2cccc(-c3ccnc4c(C(F)(F)F)cccc34)c2)cc1S(C)(=O)=O. The van der Waals surface area contributed by atoms with Crippen LogP contribution in [-0.4, -0.2) is 19.7 Å². The molecule has 8 heteroatoms. The molecule has 0 aliphatic rings. The maximum absolute atomic E-state index is 13.4. The number of para-hydroxylation sites is 1. The molecule has 3 aromatic carbocycles. The third-order valence-corrected chi connectivity index (χ3v) is 6.26. The summed E-state index contributed by atoms with van der Waals surface area (Å²) in [4.78, 5) is 4.13. The molecule has 0 atom stereocenters. The molecule has 0 amide bonds. The van der Waals surface area contributed by atoms with Crippen molar-refractivity contribution in [1.29, 1.82) is 0 Å². The van der Waals surface area contributed by atoms with E-state index in [9.17, 15) is 21.6 Å². The summed E-state index contributed by atoms with van der Waals surface area (Å²) in [6, 6.07) is 17.2. The number of ether oxygens (including phenoxy) is 1. The number of pyridine rings is 1. The lowest BCUT2D eigenvalue weighted by atomic mass is 9.99. The second-order valence-electron chi connectivity index (χ2n) is 7.39. The molecule has 164 valence electrons. The van der Waals surface area contributed by atoms with Gasteiger partial charge in [-0.05, 0) is 60.0 Å². The first kappa shape index (κ1) is 21.8. The highest BCUT2D eigenvalue weighted by Crippen LogP contribution is 2.38. The van der Waals surface area contributed by atoms with E-state index in [0.29, 0.717) is 33.6 Å². The summed E-state index contributed by atoms with van der Waals surface area (Å²) in [5.41, 5.74) is 0.909. The molecule has 4 nitrogen and oxygen atoms in total. The minimum atomic E-state index is -4.52. The Morgan fingerprint density at radius 2 is 1.62 bits per heavy atom. The van der Waals surface area contributed by atoms with Crippen molar-refractivity contribution in [2.24, 2.45) is 0 Å². The van der Waals surface area contributed by atoms with Crippen LogP contribution in [0.25, 0.3) is 22.0 Å². The number of nitrogens with zero attached hydrogens (tertiary/aromatic N) is 1. The van der Waals surface area contributed by atoms with E-state index in [4.69, 9.17) is 4.74 Å². The highest BCUT2D eigenvalue weighted by Gasteiger charge is 2.33. The Labute approximate surface area is 183 Å². The van der Waals surface area contributed by atoms with Gasteiger partial charge in [-0.1, -0.05) is 30.3 Å². The Hall–Kier alpha value is -3.39. The second-order valence-corrected chi connectivity index (χ2v) is 9.37. The summed E-state index contributed by atoms with van der Waals surface area (Å²) in [6.07, 6.45) is -2.04. The molecular weight excluding hydrogens is 439 g/mol. The maximum atomic E-state index is 13.4. The molecule has 4 aromatic rings. The topological polar surface area (TPSA) is 56.3 Å². The van der Waals surface area contributed by atoms with Crippen LogP contribution in [0.15, 0.2) is 77.8 Å². The molecule has 0 fully saturated rings. The summed E-state index contributed by atoms with van der Waals surface area (Å²) < 4.78 is 70.0. The Morgan fingerprint density at radius 1 is 0.906 bits per heavy atom. The number of hydrogen-bond acceptors (Lipinski definition) is 4. The average Bonchev–Trinajstić information content (AvgIpc) is 2.73. The van der Waals surface area contributed by atoms with E-state index < -0.39 is 21.6 Å². The number of hydrogen-bond donors (Lipinski definition) is 0. The van der Waals surface area contributed by atoms with Crippen LogP contribution < -0.4 is 4.74 Å². The van der Waals surface area contributed by atoms with Crippen molar-refractivity contribution in [2.75, 3.05) is 6.26 Å². The molecule has 1 heterocycles. The molecule has 0 unspecified atom stereocenters. The van der Waals surface area contributed by atoms with Gasteiger partial charge in [-0.15, -0.1) is 0 Å². The van der Waals surface area contributed by atoms with Crippen LogP contribution in [0.2, 0.25) is 0 Å². The lowest BCUT2D eigenvalue weighted by molar-refractivity contribution is -0.136. The van der Waals surface area contributed by atoms with Gasteiger partial charge in [0, 0.05) is 17.8 Å². The van der Waals surface area contributed by atoms with Crippen LogP contribution in [0.3, 0.4) is 0 Å². The van der Waals surface area contributed by atoms with E-state index >= 15 is 0 Å². The van der Waals surface area contributed by atoms with Gasteiger partial charge in [0.1, 0.15) is 11.5 Å². The summed E-state index contributed by atoms with van der Waals surface area (Å²) in [6.45, 7) is 1.70. The van der Waals surface area contributed by atoms with E-state index in [-0.39, 0.29) is 10.4 Å². The number of benzene rings is 3. The smallest absolute Gasteiger partial charge is 0.418 e. The van der Waals surface area contributed by atoms with E-state index in [1.807, 2.05) is 0 Å². The fraction of sp³-hybridized carbons (Fsp3) is 0.125. The summed E-state index contributed by atoms with van der Waals surface area (Å²) >= 11 is 0. The Bertz CT molecular complexity index is 1430. The number of aromatic nitrogens is 1. The molecule has 0 N–H and O–H groups in total. The monoisotopic (exact) mass is 457 g/mol. The van der Waals surface area contributed by atoms with Gasteiger partial charge in [0.2, 0.25) is 0 Å². The Morgan fingerprint density at radius 3 is 2.34 bits per heavy atom. The zero-order chi connectivity index (χ0) is 23.1. The fourth-order valence-electron chi connectivity index (χ4n) is 3.56. The summed E-state index contributed by atoms with van der Waals surface area (Å²) in [5, 5.41) is 0.370. The zero-order valence-electron chi connectivity index (χ0n) is 17.1. The van der Waals surface area contributed by atoms with Crippen LogP contribution >= 0.6 is 0 Å². The van der Waals surface area contributed by atoms with Crippen LogP contribution in [0.4, 0.5) is 13.2 Å². The van der Waals surface area contributed by atoms with Crippen molar-refractivity contribution in [3.63, 3.8) is 0 Å². The number of aryl methyl sites for hydroxylation is 1. The number of halogens is 3. The molecule has 0 spiro atoms. The predicted molar refractivity (Wildman–Crippen MR) is 117 cm³/mol. The van der Waals surface area contributed by atoms with Gasteiger partial charge >= 0.3 is 6.18 Å². The molecular formula is C24H18F3NO3S. The molecule has 1 aromatic heterocycles. The highest BCUT2D eigenvalue weighted by molar-refractivity contribution is 7.90. The molecule has 0 saturated carbocycles. The minimum Gasteiger partial charge on any atom is -0.457 e. The third kappa shape index (κ3) is 4.31. The number of fused-ring (bicyclic) bond motifs is 1. The van der Waals surface area contributed by atoms with Crippen molar-refractivity contribution in [1.82, 2.24) is 4.98 Å². The Balaban J connectivity index is 1.76. The van der Waals surface area contributed by atoms with Crippen LogP contribution in [-0.2, 0) is 16.0 Å². The quantitative estimate of drug-likeness (QED) is 0.355. The van der Waals surface area contributed by atoms with E-state index in [1.54, 1.807) is 55.5 Å². The van der Waals surface area contributed by atoms with Gasteiger partial charge in [0.05, 0.1) is 16.0 Å². The van der Waals surface area contributed by atoms with Crippen molar-refractivity contribution in [3.8, 4) is 22.6 Å². The van der Waals surface area contributed by atoms with Crippen LogP contribution in [0.1, 0.15) is 11.1 Å².